The molecule has 0 saturated heterocycles. The second kappa shape index (κ2) is 17.9. The van der Waals surface area contributed by atoms with Crippen molar-refractivity contribution in [2.45, 2.75) is 127 Å². The smallest absolute Gasteiger partial charge is 0.423 e. The predicted octanol–water partition coefficient (Wildman–Crippen LogP) is 15.2. The van der Waals surface area contributed by atoms with Crippen LogP contribution in [0.1, 0.15) is 31.2 Å². The van der Waals surface area contributed by atoms with Gasteiger partial charge in [0.15, 0.2) is 0 Å². The molecule has 0 radical (unpaired) electrons. The van der Waals surface area contributed by atoms with Crippen molar-refractivity contribution >= 4 is 16.7 Å². The molecule has 1 aromatic heterocycles. The number of anilines is 1. The molecule has 0 saturated carbocycles. The van der Waals surface area contributed by atoms with E-state index in [4.69, 9.17) is 0 Å². The molecule has 420 valence electrons. The maximum atomic E-state index is 14.6. The van der Waals surface area contributed by atoms with Gasteiger partial charge in [-0.2, -0.15) is 162 Å². The van der Waals surface area contributed by atoms with Crippen LogP contribution in [0.25, 0.3) is 11.0 Å². The van der Waals surface area contributed by atoms with E-state index in [-0.39, 0.29) is 29.2 Å². The fraction of sp³-hybridized carbons (Fsp3) is 0.719. The summed E-state index contributed by atoms with van der Waals surface area (Å²) in [5.41, 5.74) is -6.77. The summed E-state index contributed by atoms with van der Waals surface area (Å²) in [6.07, 6.45) is -33.4. The molecule has 40 heteroatoms. The average molecular weight is 1150 g/mol. The molecule has 0 spiro atoms. The largest absolute Gasteiger partial charge is 0.460 e. The van der Waals surface area contributed by atoms with Gasteiger partial charge in [0, 0.05) is 49.1 Å². The monoisotopic (exact) mass is 1150 g/mol. The Kier molecular flexibility index (Phi) is 15.9. The molecule has 0 bridgehead atoms. The fourth-order valence-electron chi connectivity index (χ4n) is 5.64. The molecule has 0 N–H and O–H groups in total. The summed E-state index contributed by atoms with van der Waals surface area (Å²) in [6.45, 7) is -4.14. The van der Waals surface area contributed by atoms with Gasteiger partial charge in [-0.05, 0) is 25.0 Å². The zero-order valence-electron chi connectivity index (χ0n) is 32.8. The molecule has 0 aliphatic heterocycles. The number of hydrogen-bond donors (Lipinski definition) is 0. The third-order valence-corrected chi connectivity index (χ3v) is 9.81. The molecule has 0 aliphatic carbocycles. The Balaban J connectivity index is 2.68. The van der Waals surface area contributed by atoms with Gasteiger partial charge in [0.05, 0.1) is 5.56 Å². The van der Waals surface area contributed by atoms with Gasteiger partial charge in [-0.3, -0.25) is 0 Å². The first-order valence-corrected chi connectivity index (χ1v) is 17.5. The third kappa shape index (κ3) is 9.42. The maximum Gasteiger partial charge on any atom is 0.460 e. The lowest BCUT2D eigenvalue weighted by molar-refractivity contribution is -0.461. The molecule has 3 nitrogen and oxygen atoms in total. The minimum Gasteiger partial charge on any atom is -0.423 e. The van der Waals surface area contributed by atoms with Crippen molar-refractivity contribution in [3.63, 3.8) is 0 Å². The van der Waals surface area contributed by atoms with E-state index < -0.39 is 168 Å². The van der Waals surface area contributed by atoms with E-state index in [0.29, 0.717) is 0 Å². The number of nitrogens with zero attached hydrogens (tertiary/aromatic N) is 1. The molecular formula is C32H16F37NO2. The van der Waals surface area contributed by atoms with Crippen LogP contribution in [0.5, 0.6) is 0 Å². The number of hydrogen-bond acceptors (Lipinski definition) is 3. The Bertz CT molecular complexity index is 2190. The van der Waals surface area contributed by atoms with Crippen LogP contribution < -0.4 is 10.5 Å². The van der Waals surface area contributed by atoms with Crippen LogP contribution in [0.4, 0.5) is 168 Å². The van der Waals surface area contributed by atoms with Gasteiger partial charge in [-0.15, -0.1) is 0 Å². The second-order valence-electron chi connectivity index (χ2n) is 14.6. The first-order valence-electron chi connectivity index (χ1n) is 17.5. The first-order chi connectivity index (χ1) is 31.2. The van der Waals surface area contributed by atoms with E-state index in [9.17, 15) is 167 Å². The third-order valence-electron chi connectivity index (χ3n) is 9.81. The van der Waals surface area contributed by atoms with Crippen LogP contribution in [-0.4, -0.2) is 108 Å². The Hall–Kier alpha value is -4.36. The van der Waals surface area contributed by atoms with E-state index in [1.165, 1.54) is 0 Å². The van der Waals surface area contributed by atoms with Gasteiger partial charge in [-0.1, -0.05) is 0 Å². The van der Waals surface area contributed by atoms with Crippen LogP contribution in [0.15, 0.2) is 33.5 Å². The van der Waals surface area contributed by atoms with Crippen molar-refractivity contribution in [1.82, 2.24) is 0 Å². The van der Waals surface area contributed by atoms with Gasteiger partial charge >= 0.3 is 107 Å². The van der Waals surface area contributed by atoms with E-state index >= 15 is 0 Å². The molecule has 2 rings (SSSR count). The quantitative estimate of drug-likeness (QED) is 0.0923. The van der Waals surface area contributed by atoms with E-state index in [1.807, 2.05) is 0 Å². The van der Waals surface area contributed by atoms with Gasteiger partial charge < -0.3 is 9.32 Å². The van der Waals surface area contributed by atoms with Gasteiger partial charge in [0.2, 0.25) is 0 Å². The van der Waals surface area contributed by atoms with Crippen LogP contribution in [0.2, 0.25) is 0 Å². The summed E-state index contributed by atoms with van der Waals surface area (Å²) in [5.74, 6) is -120. The molecular weight excluding hydrogens is 1130 g/mol. The van der Waals surface area contributed by atoms with Crippen molar-refractivity contribution in [2.24, 2.45) is 0 Å². The molecule has 0 unspecified atom stereocenters. The van der Waals surface area contributed by atoms with E-state index in [2.05, 4.69) is 4.42 Å². The molecule has 0 aliphatic rings. The van der Waals surface area contributed by atoms with Gasteiger partial charge in [0.1, 0.15) is 5.58 Å². The average Bonchev–Trinajstić information content (AvgIpc) is 3.17. The van der Waals surface area contributed by atoms with E-state index in [0.717, 1.165) is 0 Å². The Morgan fingerprint density at radius 3 is 0.917 bits per heavy atom. The number of benzene rings is 1. The maximum absolute atomic E-state index is 14.6. The van der Waals surface area contributed by atoms with Crippen molar-refractivity contribution < 1.29 is 167 Å². The fourth-order valence-corrected chi connectivity index (χ4v) is 5.64. The van der Waals surface area contributed by atoms with E-state index in [1.54, 1.807) is 0 Å². The Morgan fingerprint density at radius 2 is 0.639 bits per heavy atom. The highest BCUT2D eigenvalue weighted by Gasteiger charge is 2.97. The second-order valence-corrected chi connectivity index (χ2v) is 14.6. The predicted molar refractivity (Wildman–Crippen MR) is 160 cm³/mol. The lowest BCUT2D eigenvalue weighted by atomic mass is 9.88. The van der Waals surface area contributed by atoms with Crippen LogP contribution in [-0.2, 0) is 6.18 Å². The van der Waals surface area contributed by atoms with Crippen molar-refractivity contribution in [3.8, 4) is 0 Å². The number of halogens is 37. The standard InChI is InChI=1S/C32H16F37NO2/c33-16(34,19(40,41)21(44,45)23(48,49)25(52,53)27(56,57)29(60,61)31(64,65)66)5-1-7-70(11-3-4-12-13(18(37,38)39)10-15(71)72-14(12)9-11)8-2-6-17(35,36)20(42,43)22(46,47)24(50,51)26(54,55)28(58,59)30(62,63)32(67,68)69/h3-4,9-10H,1-2,5-8H2. The lowest BCUT2D eigenvalue weighted by Gasteiger charge is -2.43. The summed E-state index contributed by atoms with van der Waals surface area (Å²) in [4.78, 5) is 11.4. The number of fused-ring (bicyclic) bond motifs is 1. The summed E-state index contributed by atoms with van der Waals surface area (Å²) in [6, 6.07) is -0.178. The molecule has 2 aromatic rings. The van der Waals surface area contributed by atoms with Crippen molar-refractivity contribution in [1.29, 1.82) is 0 Å². The van der Waals surface area contributed by atoms with Crippen molar-refractivity contribution in [3.05, 3.63) is 40.2 Å². The normalized spacial score (nSPS) is 16.0. The van der Waals surface area contributed by atoms with Gasteiger partial charge in [-0.25, -0.2) is 4.79 Å². The zero-order chi connectivity index (χ0) is 57.7. The Morgan fingerprint density at radius 1 is 0.361 bits per heavy atom. The highest BCUT2D eigenvalue weighted by Crippen LogP contribution is 2.66. The molecule has 1 heterocycles. The zero-order valence-corrected chi connectivity index (χ0v) is 32.8. The summed E-state index contributed by atoms with van der Waals surface area (Å²) in [5, 5.41) is -1.29. The first kappa shape index (κ1) is 63.8. The van der Waals surface area contributed by atoms with Crippen molar-refractivity contribution in [2.75, 3.05) is 18.0 Å². The lowest BCUT2D eigenvalue weighted by Crippen LogP contribution is -2.74. The highest BCUT2D eigenvalue weighted by molar-refractivity contribution is 5.84. The molecule has 0 fully saturated rings. The minimum atomic E-state index is -9.11. The van der Waals surface area contributed by atoms with Gasteiger partial charge in [0.25, 0.3) is 0 Å². The summed E-state index contributed by atoms with van der Waals surface area (Å²) >= 11 is 0. The van der Waals surface area contributed by atoms with Crippen LogP contribution >= 0.6 is 0 Å². The minimum absolute atomic E-state index is 0.0349. The summed E-state index contributed by atoms with van der Waals surface area (Å²) in [7, 11) is 0. The number of rotatable bonds is 21. The molecule has 0 atom stereocenters. The Labute approximate surface area is 369 Å². The molecule has 72 heavy (non-hydrogen) atoms. The highest BCUT2D eigenvalue weighted by atomic mass is 19.5. The summed E-state index contributed by atoms with van der Waals surface area (Å²) < 4.78 is 510. The van der Waals surface area contributed by atoms with Crippen LogP contribution in [0, 0.1) is 0 Å². The topological polar surface area (TPSA) is 33.5 Å². The number of alkyl halides is 37. The van der Waals surface area contributed by atoms with Crippen LogP contribution in [0.3, 0.4) is 0 Å². The molecule has 0 amide bonds. The molecule has 1 aromatic carbocycles. The SMILES string of the molecule is O=c1cc(C(F)(F)F)c2ccc(N(CCCC(F)(F)C(F)(F)C(F)(F)C(F)(F)C(F)(F)C(F)(F)C(F)(F)C(F)(F)F)CCCC(F)(F)C(F)(F)C(F)(F)C(F)(F)C(F)(F)C(F)(F)C(F)(F)C(F)(F)F)cc2o1.